The second kappa shape index (κ2) is 5.69. The molecule has 6 heteroatoms. The second-order valence-electron chi connectivity index (χ2n) is 3.14. The Hall–Kier alpha value is -2.11. The van der Waals surface area contributed by atoms with Gasteiger partial charge in [-0.1, -0.05) is 0 Å². The summed E-state index contributed by atoms with van der Waals surface area (Å²) in [6.07, 6.45) is 2.86. The summed E-state index contributed by atoms with van der Waals surface area (Å²) < 4.78 is 0. The van der Waals surface area contributed by atoms with Gasteiger partial charge in [0.25, 0.3) is 0 Å². The van der Waals surface area contributed by atoms with Crippen molar-refractivity contribution in [2.24, 2.45) is 0 Å². The van der Waals surface area contributed by atoms with Crippen molar-refractivity contribution in [3.05, 3.63) is 24.0 Å². The van der Waals surface area contributed by atoms with E-state index in [0.717, 1.165) is 0 Å². The molecule has 86 valence electrons. The molecule has 0 saturated heterocycles. The maximum absolute atomic E-state index is 10.8. The Morgan fingerprint density at radius 2 is 2.19 bits per heavy atom. The van der Waals surface area contributed by atoms with E-state index in [1.165, 1.54) is 25.4 Å². The lowest BCUT2D eigenvalue weighted by atomic mass is 10.2. The fraction of sp³-hybridized carbons (Fsp3) is 0.300. The molecule has 1 aromatic heterocycles. The zero-order chi connectivity index (χ0) is 12.0. The standard InChI is InChI=1S/C10H13N3O3/c1-7(14)12-4-5-13-9-6-11-3-2-8(9)10(15)16/h2-3,6,13H,4-5H2,1H3,(H,12,14)(H,15,16). The molecule has 1 amide bonds. The number of hydrogen-bond acceptors (Lipinski definition) is 4. The van der Waals surface area contributed by atoms with Crippen LogP contribution in [0.3, 0.4) is 0 Å². The van der Waals surface area contributed by atoms with Crippen LogP contribution in [0.1, 0.15) is 17.3 Å². The lowest BCUT2D eigenvalue weighted by molar-refractivity contribution is -0.118. The van der Waals surface area contributed by atoms with E-state index in [1.54, 1.807) is 0 Å². The SMILES string of the molecule is CC(=O)NCCNc1cnccc1C(=O)O. The van der Waals surface area contributed by atoms with Gasteiger partial charge < -0.3 is 15.7 Å². The van der Waals surface area contributed by atoms with Crippen LogP contribution < -0.4 is 10.6 Å². The number of hydrogen-bond donors (Lipinski definition) is 3. The summed E-state index contributed by atoms with van der Waals surface area (Å²) in [5.41, 5.74) is 0.609. The Kier molecular flexibility index (Phi) is 4.26. The van der Waals surface area contributed by atoms with Crippen LogP contribution in [0.15, 0.2) is 18.5 Å². The Labute approximate surface area is 92.7 Å². The molecule has 0 aliphatic carbocycles. The van der Waals surface area contributed by atoms with Crippen molar-refractivity contribution in [3.8, 4) is 0 Å². The maximum atomic E-state index is 10.8. The molecular formula is C10H13N3O3. The first-order valence-electron chi connectivity index (χ1n) is 4.77. The van der Waals surface area contributed by atoms with Crippen LogP contribution in [0, 0.1) is 0 Å². The number of amides is 1. The normalized spacial score (nSPS) is 9.56. The summed E-state index contributed by atoms with van der Waals surface area (Å²) in [7, 11) is 0. The van der Waals surface area contributed by atoms with Crippen LogP contribution in [0.5, 0.6) is 0 Å². The molecule has 0 atom stereocenters. The number of carbonyl (C=O) groups is 2. The number of nitrogens with zero attached hydrogens (tertiary/aromatic N) is 1. The predicted octanol–water partition coefficient (Wildman–Crippen LogP) is 0.328. The number of anilines is 1. The van der Waals surface area contributed by atoms with Crippen molar-refractivity contribution in [3.63, 3.8) is 0 Å². The van der Waals surface area contributed by atoms with E-state index < -0.39 is 5.97 Å². The topological polar surface area (TPSA) is 91.3 Å². The quantitative estimate of drug-likeness (QED) is 0.625. The van der Waals surface area contributed by atoms with Gasteiger partial charge in [0.15, 0.2) is 0 Å². The highest BCUT2D eigenvalue weighted by Gasteiger charge is 2.08. The molecule has 0 bridgehead atoms. The van der Waals surface area contributed by atoms with Crippen molar-refractivity contribution in [2.75, 3.05) is 18.4 Å². The minimum atomic E-state index is -1.01. The Balaban J connectivity index is 2.53. The van der Waals surface area contributed by atoms with Gasteiger partial charge in [0.1, 0.15) is 0 Å². The lowest BCUT2D eigenvalue weighted by Crippen LogP contribution is -2.26. The van der Waals surface area contributed by atoms with Gasteiger partial charge in [-0.2, -0.15) is 0 Å². The Morgan fingerprint density at radius 3 is 2.81 bits per heavy atom. The molecule has 0 spiro atoms. The summed E-state index contributed by atoms with van der Waals surface area (Å²) in [6, 6.07) is 1.42. The lowest BCUT2D eigenvalue weighted by Gasteiger charge is -2.08. The van der Waals surface area contributed by atoms with Crippen LogP contribution in [-0.4, -0.2) is 35.1 Å². The Morgan fingerprint density at radius 1 is 1.44 bits per heavy atom. The van der Waals surface area contributed by atoms with Gasteiger partial charge in [0, 0.05) is 26.2 Å². The second-order valence-corrected chi connectivity index (χ2v) is 3.14. The zero-order valence-corrected chi connectivity index (χ0v) is 8.86. The third-order valence-corrected chi connectivity index (χ3v) is 1.87. The third-order valence-electron chi connectivity index (χ3n) is 1.87. The van der Waals surface area contributed by atoms with Gasteiger partial charge in [-0.05, 0) is 6.07 Å². The largest absolute Gasteiger partial charge is 0.478 e. The highest BCUT2D eigenvalue weighted by molar-refractivity contribution is 5.93. The first-order chi connectivity index (χ1) is 7.61. The molecule has 0 aliphatic rings. The third kappa shape index (κ3) is 3.56. The first-order valence-corrected chi connectivity index (χ1v) is 4.77. The number of aromatic nitrogens is 1. The number of carboxylic acid groups (broad SMARTS) is 1. The van der Waals surface area contributed by atoms with Crippen molar-refractivity contribution in [1.82, 2.24) is 10.3 Å². The monoisotopic (exact) mass is 223 g/mol. The number of rotatable bonds is 5. The number of carboxylic acids is 1. The number of pyridine rings is 1. The molecule has 0 saturated carbocycles. The van der Waals surface area contributed by atoms with E-state index in [2.05, 4.69) is 15.6 Å². The van der Waals surface area contributed by atoms with Crippen LogP contribution in [0.25, 0.3) is 0 Å². The van der Waals surface area contributed by atoms with Crippen LogP contribution >= 0.6 is 0 Å². The van der Waals surface area contributed by atoms with Crippen LogP contribution in [-0.2, 0) is 4.79 Å². The summed E-state index contributed by atoms with van der Waals surface area (Å²) >= 11 is 0. The van der Waals surface area contributed by atoms with E-state index in [4.69, 9.17) is 5.11 Å². The number of carbonyl (C=O) groups excluding carboxylic acids is 1. The highest BCUT2D eigenvalue weighted by Crippen LogP contribution is 2.12. The van der Waals surface area contributed by atoms with Gasteiger partial charge in [-0.15, -0.1) is 0 Å². The predicted molar refractivity (Wildman–Crippen MR) is 58.4 cm³/mol. The summed E-state index contributed by atoms with van der Waals surface area (Å²) in [5, 5.41) is 14.4. The fourth-order valence-electron chi connectivity index (χ4n) is 1.16. The van der Waals surface area contributed by atoms with E-state index in [9.17, 15) is 9.59 Å². The molecule has 0 aliphatic heterocycles. The highest BCUT2D eigenvalue weighted by atomic mass is 16.4. The molecule has 3 N–H and O–H groups in total. The van der Waals surface area contributed by atoms with Gasteiger partial charge in [0.2, 0.25) is 5.91 Å². The van der Waals surface area contributed by atoms with Crippen molar-refractivity contribution < 1.29 is 14.7 Å². The summed E-state index contributed by atoms with van der Waals surface area (Å²) in [4.78, 5) is 25.2. The van der Waals surface area contributed by atoms with Gasteiger partial charge in [-0.25, -0.2) is 4.79 Å². The molecule has 0 fully saturated rings. The van der Waals surface area contributed by atoms with E-state index in [1.807, 2.05) is 0 Å². The molecule has 6 nitrogen and oxygen atoms in total. The van der Waals surface area contributed by atoms with E-state index in [0.29, 0.717) is 18.8 Å². The van der Waals surface area contributed by atoms with Crippen molar-refractivity contribution in [1.29, 1.82) is 0 Å². The van der Waals surface area contributed by atoms with Crippen LogP contribution in [0.2, 0.25) is 0 Å². The average molecular weight is 223 g/mol. The fourth-order valence-corrected chi connectivity index (χ4v) is 1.16. The molecular weight excluding hydrogens is 210 g/mol. The minimum Gasteiger partial charge on any atom is -0.478 e. The molecule has 0 unspecified atom stereocenters. The zero-order valence-electron chi connectivity index (χ0n) is 8.86. The van der Waals surface area contributed by atoms with Crippen LogP contribution in [0.4, 0.5) is 5.69 Å². The van der Waals surface area contributed by atoms with E-state index >= 15 is 0 Å². The molecule has 1 heterocycles. The molecule has 0 aromatic carbocycles. The number of aromatic carboxylic acids is 1. The molecule has 1 aromatic rings. The summed E-state index contributed by atoms with van der Waals surface area (Å²) in [5.74, 6) is -1.13. The first kappa shape index (κ1) is 12.0. The van der Waals surface area contributed by atoms with Gasteiger partial charge in [0.05, 0.1) is 17.4 Å². The Bertz CT molecular complexity index is 393. The number of nitrogens with one attached hydrogen (secondary N) is 2. The van der Waals surface area contributed by atoms with Gasteiger partial charge >= 0.3 is 5.97 Å². The van der Waals surface area contributed by atoms with Crippen molar-refractivity contribution >= 4 is 17.6 Å². The summed E-state index contributed by atoms with van der Waals surface area (Å²) in [6.45, 7) is 2.31. The van der Waals surface area contributed by atoms with Crippen molar-refractivity contribution in [2.45, 2.75) is 6.92 Å². The van der Waals surface area contributed by atoms with E-state index in [-0.39, 0.29) is 11.5 Å². The molecule has 16 heavy (non-hydrogen) atoms. The van der Waals surface area contributed by atoms with Gasteiger partial charge in [-0.3, -0.25) is 9.78 Å². The maximum Gasteiger partial charge on any atom is 0.337 e. The minimum absolute atomic E-state index is 0.119. The smallest absolute Gasteiger partial charge is 0.337 e. The average Bonchev–Trinajstić information content (AvgIpc) is 2.24. The molecule has 1 rings (SSSR count). The molecule has 0 radical (unpaired) electrons.